The number of nitrogens with zero attached hydrogens (tertiary/aromatic N) is 4. The van der Waals surface area contributed by atoms with Crippen LogP contribution in [0.25, 0.3) is 22.1 Å². The van der Waals surface area contributed by atoms with Crippen molar-refractivity contribution in [1.29, 1.82) is 0 Å². The fraction of sp³-hybridized carbons (Fsp3) is 0.135. The van der Waals surface area contributed by atoms with Gasteiger partial charge in [0.05, 0.1) is 36.4 Å². The van der Waals surface area contributed by atoms with Crippen LogP contribution in [0, 0.1) is 0 Å². The third-order valence-electron chi connectivity index (χ3n) is 8.01. The number of rotatable bonds is 11. The summed E-state index contributed by atoms with van der Waals surface area (Å²) in [6.07, 6.45) is 2.73. The molecule has 0 amide bonds. The van der Waals surface area contributed by atoms with Gasteiger partial charge in [-0.3, -0.25) is 19.6 Å². The van der Waals surface area contributed by atoms with Crippen molar-refractivity contribution < 1.29 is 19.5 Å². The normalized spacial score (nSPS) is 10.7. The van der Waals surface area contributed by atoms with Crippen LogP contribution in [0.15, 0.2) is 123 Å². The summed E-state index contributed by atoms with van der Waals surface area (Å²) >= 11 is 0. The SMILES string of the molecule is COc1ccc(CNc2cc(=O)n(O)c3[nH]c(=O)ncc23)cc1.COc1ccc(CNc2cc(=O)n(OCc3ccccc3)c3[nH]c(=O)ncc23)cc1. The first-order valence-corrected chi connectivity index (χ1v) is 16.1. The van der Waals surface area contributed by atoms with Gasteiger partial charge in [0.15, 0.2) is 11.3 Å². The third-order valence-corrected chi connectivity index (χ3v) is 8.01. The van der Waals surface area contributed by atoms with Gasteiger partial charge < -0.3 is 30.2 Å². The van der Waals surface area contributed by atoms with Crippen molar-refractivity contribution in [1.82, 2.24) is 29.4 Å². The molecular weight excluding hydrogens is 684 g/mol. The average Bonchev–Trinajstić information content (AvgIpc) is 3.18. The number of anilines is 2. The van der Waals surface area contributed by atoms with E-state index in [9.17, 15) is 24.4 Å². The van der Waals surface area contributed by atoms with E-state index in [0.717, 1.165) is 32.9 Å². The summed E-state index contributed by atoms with van der Waals surface area (Å²) in [6, 6.07) is 27.2. The van der Waals surface area contributed by atoms with Crippen molar-refractivity contribution >= 4 is 33.4 Å². The molecule has 16 heteroatoms. The van der Waals surface area contributed by atoms with Gasteiger partial charge >= 0.3 is 11.4 Å². The van der Waals surface area contributed by atoms with E-state index in [1.807, 2.05) is 78.9 Å². The molecule has 0 saturated heterocycles. The van der Waals surface area contributed by atoms with Crippen LogP contribution in [-0.4, -0.2) is 48.8 Å². The number of hydrogen-bond donors (Lipinski definition) is 5. The Kier molecular flexibility index (Phi) is 10.8. The average molecular weight is 719 g/mol. The quantitative estimate of drug-likeness (QED) is 0.122. The minimum absolute atomic E-state index is 0.00488. The third kappa shape index (κ3) is 8.51. The smallest absolute Gasteiger partial charge is 0.346 e. The van der Waals surface area contributed by atoms with Crippen molar-refractivity contribution in [3.8, 4) is 11.5 Å². The van der Waals surface area contributed by atoms with Gasteiger partial charge in [-0.05, 0) is 41.0 Å². The van der Waals surface area contributed by atoms with Gasteiger partial charge in [-0.2, -0.15) is 0 Å². The molecule has 0 unspecified atom stereocenters. The molecule has 0 aliphatic carbocycles. The second kappa shape index (κ2) is 16.1. The zero-order valence-corrected chi connectivity index (χ0v) is 28.5. The van der Waals surface area contributed by atoms with Gasteiger partial charge in [0.25, 0.3) is 11.1 Å². The molecule has 53 heavy (non-hydrogen) atoms. The number of methoxy groups -OCH3 is 2. The molecule has 0 spiro atoms. The molecule has 0 radical (unpaired) electrons. The summed E-state index contributed by atoms with van der Waals surface area (Å²) in [5, 5.41) is 17.0. The van der Waals surface area contributed by atoms with Crippen LogP contribution in [0.1, 0.15) is 16.7 Å². The van der Waals surface area contributed by atoms with Crippen LogP contribution >= 0.6 is 0 Å². The number of H-pyrrole nitrogens is 2. The van der Waals surface area contributed by atoms with Crippen LogP contribution < -0.4 is 47.4 Å². The molecule has 4 heterocycles. The maximum Gasteiger partial charge on any atom is 0.346 e. The maximum absolute atomic E-state index is 12.7. The van der Waals surface area contributed by atoms with E-state index in [1.54, 1.807) is 14.2 Å². The first-order valence-electron chi connectivity index (χ1n) is 16.1. The molecule has 270 valence electrons. The summed E-state index contributed by atoms with van der Waals surface area (Å²) in [4.78, 5) is 65.6. The Hall–Kier alpha value is -7.36. The van der Waals surface area contributed by atoms with Crippen molar-refractivity contribution in [2.45, 2.75) is 19.7 Å². The van der Waals surface area contributed by atoms with Crippen LogP contribution in [0.3, 0.4) is 0 Å². The van der Waals surface area contributed by atoms with E-state index in [2.05, 4.69) is 30.6 Å². The molecule has 0 bridgehead atoms. The fourth-order valence-electron chi connectivity index (χ4n) is 5.25. The minimum atomic E-state index is -0.656. The fourth-order valence-corrected chi connectivity index (χ4v) is 5.25. The van der Waals surface area contributed by atoms with Crippen molar-refractivity contribution in [2.75, 3.05) is 24.9 Å². The molecule has 7 rings (SSSR count). The highest BCUT2D eigenvalue weighted by molar-refractivity contribution is 5.88. The molecule has 0 atom stereocenters. The topological polar surface area (TPSA) is 207 Å². The largest absolute Gasteiger partial charge is 0.497 e. The first kappa shape index (κ1) is 35.5. The molecule has 0 aliphatic heterocycles. The van der Waals surface area contributed by atoms with E-state index in [4.69, 9.17) is 14.3 Å². The summed E-state index contributed by atoms with van der Waals surface area (Å²) in [5.41, 5.74) is 1.87. The lowest BCUT2D eigenvalue weighted by Gasteiger charge is -2.14. The Balaban J connectivity index is 0.000000188. The number of nitrogens with one attached hydrogen (secondary N) is 4. The monoisotopic (exact) mass is 718 g/mol. The number of benzene rings is 3. The molecule has 0 saturated carbocycles. The predicted molar refractivity (Wildman–Crippen MR) is 198 cm³/mol. The van der Waals surface area contributed by atoms with Crippen LogP contribution in [-0.2, 0) is 19.7 Å². The van der Waals surface area contributed by atoms with E-state index in [0.29, 0.717) is 40.0 Å². The molecule has 3 aromatic carbocycles. The Morgan fingerprint density at radius 2 is 1.13 bits per heavy atom. The van der Waals surface area contributed by atoms with Gasteiger partial charge in [0.2, 0.25) is 0 Å². The maximum atomic E-state index is 12.7. The predicted octanol–water partition coefficient (Wildman–Crippen LogP) is 3.28. The highest BCUT2D eigenvalue weighted by Gasteiger charge is 2.13. The lowest BCUT2D eigenvalue weighted by atomic mass is 10.2. The molecule has 16 nitrogen and oxygen atoms in total. The molecule has 0 fully saturated rings. The van der Waals surface area contributed by atoms with Crippen molar-refractivity contribution in [3.05, 3.63) is 162 Å². The molecular formula is C37H34N8O8. The second-order valence-corrected chi connectivity index (χ2v) is 11.5. The Bertz CT molecular complexity index is 2580. The number of aromatic nitrogens is 6. The van der Waals surface area contributed by atoms with Gasteiger partial charge in [-0.1, -0.05) is 54.6 Å². The zero-order chi connectivity index (χ0) is 37.3. The zero-order valence-electron chi connectivity index (χ0n) is 28.5. The lowest BCUT2D eigenvalue weighted by Crippen LogP contribution is -2.29. The highest BCUT2D eigenvalue weighted by Crippen LogP contribution is 2.21. The molecule has 5 N–H and O–H groups in total. The van der Waals surface area contributed by atoms with Gasteiger partial charge in [-0.15, -0.1) is 9.46 Å². The molecule has 7 aromatic rings. The highest BCUT2D eigenvalue weighted by atomic mass is 16.7. The number of hydrogen-bond acceptors (Lipinski definition) is 12. The Labute approximate surface area is 299 Å². The summed E-state index contributed by atoms with van der Waals surface area (Å²) in [7, 11) is 3.21. The van der Waals surface area contributed by atoms with E-state index < -0.39 is 22.5 Å². The van der Waals surface area contributed by atoms with Crippen LogP contribution in [0.5, 0.6) is 11.5 Å². The van der Waals surface area contributed by atoms with Crippen LogP contribution in [0.2, 0.25) is 0 Å². The minimum Gasteiger partial charge on any atom is -0.497 e. The van der Waals surface area contributed by atoms with Crippen molar-refractivity contribution in [2.24, 2.45) is 0 Å². The first-order chi connectivity index (χ1) is 25.7. The second-order valence-electron chi connectivity index (χ2n) is 11.5. The van der Waals surface area contributed by atoms with Crippen molar-refractivity contribution in [3.63, 3.8) is 0 Å². The van der Waals surface area contributed by atoms with E-state index >= 15 is 0 Å². The number of aromatic amines is 2. The van der Waals surface area contributed by atoms with E-state index in [1.165, 1.54) is 24.5 Å². The molecule has 0 aliphatic rings. The summed E-state index contributed by atoms with van der Waals surface area (Å²) in [5.74, 6) is 1.52. The van der Waals surface area contributed by atoms with E-state index in [-0.39, 0.29) is 17.9 Å². The Morgan fingerprint density at radius 3 is 1.66 bits per heavy atom. The van der Waals surface area contributed by atoms with Gasteiger partial charge in [-0.25, -0.2) is 19.6 Å². The Morgan fingerprint density at radius 1 is 0.642 bits per heavy atom. The summed E-state index contributed by atoms with van der Waals surface area (Å²) < 4.78 is 11.7. The van der Waals surface area contributed by atoms with Gasteiger partial charge in [0, 0.05) is 37.6 Å². The number of pyridine rings is 2. The van der Waals surface area contributed by atoms with Gasteiger partial charge in [0.1, 0.15) is 18.1 Å². The lowest BCUT2D eigenvalue weighted by molar-refractivity contribution is 0.0979. The number of ether oxygens (including phenoxy) is 2. The van der Waals surface area contributed by atoms with Crippen LogP contribution in [0.4, 0.5) is 11.4 Å². The number of fused-ring (bicyclic) bond motifs is 2. The molecule has 4 aromatic heterocycles. The summed E-state index contributed by atoms with van der Waals surface area (Å²) in [6.45, 7) is 1.11. The standard InChI is InChI=1S/C22H20N4O4.C15H14N4O4/c1-29-17-9-7-15(8-10-17)12-23-19-11-20(27)26(21-18(19)13-24-22(28)25-21)30-14-16-5-3-2-4-6-16;1-23-10-4-2-9(3-5-10)7-16-12-6-13(20)19(22)14-11(12)8-17-15(21)18-14/h2-11,13,23H,12,14H2,1H3,(H,24,25,28);2-6,8,16,22H,7H2,1H3,(H,17,18,21).